The number of anilines is 1. The third kappa shape index (κ3) is 11.3. The van der Waals surface area contributed by atoms with Gasteiger partial charge >= 0.3 is 0 Å². The molecule has 0 heterocycles. The summed E-state index contributed by atoms with van der Waals surface area (Å²) in [6.07, 6.45) is 11.2. The lowest BCUT2D eigenvalue weighted by Crippen LogP contribution is -2.13. The average Bonchev–Trinajstić information content (AvgIpc) is 2.55. The molecule has 0 amide bonds. The van der Waals surface area contributed by atoms with Crippen molar-refractivity contribution in [3.8, 4) is 0 Å². The molecule has 25 heavy (non-hydrogen) atoms. The lowest BCUT2D eigenvalue weighted by molar-refractivity contribution is 0.358. The fraction of sp³-hybridized carbons (Fsp3) is 0.409. The highest BCUT2D eigenvalue weighted by atomic mass is 32.1. The van der Waals surface area contributed by atoms with E-state index in [0.717, 1.165) is 31.4 Å². The van der Waals surface area contributed by atoms with E-state index in [4.69, 9.17) is 17.0 Å². The van der Waals surface area contributed by atoms with Crippen LogP contribution in [-0.4, -0.2) is 11.8 Å². The number of hydrogen-bond acceptors (Lipinski definition) is 2. The van der Waals surface area contributed by atoms with Gasteiger partial charge in [0.1, 0.15) is 6.61 Å². The molecule has 1 N–H and O–H groups in total. The Morgan fingerprint density at radius 2 is 1.52 bits per heavy atom. The summed E-state index contributed by atoms with van der Waals surface area (Å²) in [7, 11) is 0. The second kappa shape index (κ2) is 12.5. The Balaban J connectivity index is 2.22. The van der Waals surface area contributed by atoms with Gasteiger partial charge in [-0.3, -0.25) is 0 Å². The van der Waals surface area contributed by atoms with Crippen molar-refractivity contribution in [1.82, 2.24) is 0 Å². The van der Waals surface area contributed by atoms with Gasteiger partial charge in [-0.05, 0) is 83.8 Å². The Bertz CT molecular complexity index is 610. The fourth-order valence-corrected chi connectivity index (χ4v) is 2.46. The predicted molar refractivity (Wildman–Crippen MR) is 114 cm³/mol. The van der Waals surface area contributed by atoms with Crippen LogP contribution in [0.4, 0.5) is 5.69 Å². The lowest BCUT2D eigenvalue weighted by atomic mass is 10.1. The van der Waals surface area contributed by atoms with Gasteiger partial charge in [0.2, 0.25) is 0 Å². The molecule has 0 spiro atoms. The highest BCUT2D eigenvalue weighted by molar-refractivity contribution is 7.80. The maximum atomic E-state index is 5.54. The first-order valence-corrected chi connectivity index (χ1v) is 9.31. The van der Waals surface area contributed by atoms with Crippen LogP contribution in [0.3, 0.4) is 0 Å². The topological polar surface area (TPSA) is 21.3 Å². The minimum atomic E-state index is 0.408. The summed E-state index contributed by atoms with van der Waals surface area (Å²) < 4.78 is 5.54. The van der Waals surface area contributed by atoms with Crippen LogP contribution < -0.4 is 5.32 Å². The standard InChI is InChI=1S/C22H31NOS/c1-18(2)10-8-11-19(3)12-9-13-20(4)16-17-24-22(25)23-21-14-6-5-7-15-21/h5-7,10,12,14-16H,8-9,11,13,17H2,1-4H3,(H,23,25)/b19-12+,20-16+. The minimum absolute atomic E-state index is 0.408. The van der Waals surface area contributed by atoms with Crippen molar-refractivity contribution in [3.63, 3.8) is 0 Å². The molecule has 2 nitrogen and oxygen atoms in total. The molecule has 0 bridgehead atoms. The third-order valence-electron chi connectivity index (χ3n) is 3.79. The van der Waals surface area contributed by atoms with Crippen LogP contribution in [0.1, 0.15) is 53.4 Å². The smallest absolute Gasteiger partial charge is 0.261 e. The highest BCUT2D eigenvalue weighted by Crippen LogP contribution is 2.11. The molecule has 0 radical (unpaired) electrons. The molecule has 0 aliphatic heterocycles. The number of allylic oxidation sites excluding steroid dienone is 5. The van der Waals surface area contributed by atoms with Crippen LogP contribution in [0.2, 0.25) is 0 Å². The molecular formula is C22H31NOS. The van der Waals surface area contributed by atoms with Crippen LogP contribution in [-0.2, 0) is 4.74 Å². The van der Waals surface area contributed by atoms with E-state index >= 15 is 0 Å². The predicted octanol–water partition coefficient (Wildman–Crippen LogP) is 6.82. The van der Waals surface area contributed by atoms with E-state index in [-0.39, 0.29) is 0 Å². The molecule has 3 heteroatoms. The number of ether oxygens (including phenoxy) is 1. The quantitative estimate of drug-likeness (QED) is 0.387. The Hall–Kier alpha value is -1.87. The molecule has 0 unspecified atom stereocenters. The summed E-state index contributed by atoms with van der Waals surface area (Å²) in [6, 6.07) is 9.82. The monoisotopic (exact) mass is 357 g/mol. The van der Waals surface area contributed by atoms with E-state index < -0.39 is 0 Å². The SMILES string of the molecule is CC(C)=CCC/C(C)=C/CC/C(C)=C/COC(=S)Nc1ccccc1. The molecule has 0 saturated heterocycles. The zero-order valence-corrected chi connectivity index (χ0v) is 16.8. The van der Waals surface area contributed by atoms with Crippen LogP contribution in [0.25, 0.3) is 0 Å². The Labute approximate surface area is 158 Å². The van der Waals surface area contributed by atoms with Crippen molar-refractivity contribution in [2.45, 2.75) is 53.4 Å². The van der Waals surface area contributed by atoms with Gasteiger partial charge in [-0.2, -0.15) is 0 Å². The Morgan fingerprint density at radius 3 is 2.16 bits per heavy atom. The van der Waals surface area contributed by atoms with E-state index in [2.05, 4.69) is 51.2 Å². The van der Waals surface area contributed by atoms with E-state index in [1.807, 2.05) is 30.3 Å². The number of para-hydroxylation sites is 1. The van der Waals surface area contributed by atoms with E-state index in [1.165, 1.54) is 16.7 Å². The van der Waals surface area contributed by atoms with E-state index in [1.54, 1.807) is 0 Å². The largest absolute Gasteiger partial charge is 0.467 e. The summed E-state index contributed by atoms with van der Waals surface area (Å²) in [5, 5.41) is 3.47. The molecule has 1 aromatic rings. The molecule has 0 aromatic heterocycles. The van der Waals surface area contributed by atoms with Crippen LogP contribution >= 0.6 is 12.2 Å². The average molecular weight is 358 g/mol. The second-order valence-electron chi connectivity index (χ2n) is 6.55. The van der Waals surface area contributed by atoms with Gasteiger partial charge in [0, 0.05) is 5.69 Å². The van der Waals surface area contributed by atoms with Gasteiger partial charge in [0.05, 0.1) is 0 Å². The first-order chi connectivity index (χ1) is 12.0. The molecule has 0 aliphatic rings. The van der Waals surface area contributed by atoms with Crippen molar-refractivity contribution in [3.05, 3.63) is 65.3 Å². The molecule has 0 atom stereocenters. The summed E-state index contributed by atoms with van der Waals surface area (Å²) in [5.74, 6) is 0. The second-order valence-corrected chi connectivity index (χ2v) is 6.92. The lowest BCUT2D eigenvalue weighted by Gasteiger charge is -2.08. The normalized spacial score (nSPS) is 11.8. The van der Waals surface area contributed by atoms with Crippen molar-refractivity contribution in [2.75, 3.05) is 11.9 Å². The van der Waals surface area contributed by atoms with Gasteiger partial charge < -0.3 is 10.1 Å². The van der Waals surface area contributed by atoms with E-state index in [0.29, 0.717) is 11.8 Å². The van der Waals surface area contributed by atoms with Gasteiger partial charge in [0.25, 0.3) is 5.17 Å². The molecule has 1 rings (SSSR count). The van der Waals surface area contributed by atoms with Crippen LogP contribution in [0.5, 0.6) is 0 Å². The minimum Gasteiger partial charge on any atom is -0.467 e. The number of rotatable bonds is 9. The van der Waals surface area contributed by atoms with Crippen molar-refractivity contribution in [1.29, 1.82) is 0 Å². The maximum Gasteiger partial charge on any atom is 0.261 e. The summed E-state index contributed by atoms with van der Waals surface area (Å²) in [6.45, 7) is 9.17. The molecule has 136 valence electrons. The van der Waals surface area contributed by atoms with Crippen LogP contribution in [0.15, 0.2) is 65.3 Å². The summed E-state index contributed by atoms with van der Waals surface area (Å²) in [5.41, 5.74) is 5.14. The highest BCUT2D eigenvalue weighted by Gasteiger charge is 1.97. The van der Waals surface area contributed by atoms with Gasteiger partial charge in [0.15, 0.2) is 0 Å². The summed E-state index contributed by atoms with van der Waals surface area (Å²) in [4.78, 5) is 0. The third-order valence-corrected chi connectivity index (χ3v) is 4.01. The molecule has 0 aliphatic carbocycles. The van der Waals surface area contributed by atoms with Gasteiger partial charge in [-0.15, -0.1) is 0 Å². The molecular weight excluding hydrogens is 326 g/mol. The molecule has 0 fully saturated rings. The summed E-state index contributed by atoms with van der Waals surface area (Å²) >= 11 is 5.19. The first kappa shape index (κ1) is 21.2. The van der Waals surface area contributed by atoms with Gasteiger partial charge in [-0.1, -0.05) is 47.1 Å². The number of nitrogens with one attached hydrogen (secondary N) is 1. The fourth-order valence-electron chi connectivity index (χ4n) is 2.27. The Kier molecular flexibility index (Phi) is 10.6. The van der Waals surface area contributed by atoms with Crippen molar-refractivity contribution in [2.24, 2.45) is 0 Å². The zero-order valence-electron chi connectivity index (χ0n) is 16.0. The van der Waals surface area contributed by atoms with Crippen LogP contribution in [0, 0.1) is 0 Å². The Morgan fingerprint density at radius 1 is 0.920 bits per heavy atom. The molecule has 1 aromatic carbocycles. The number of thiocarbonyl (C=S) groups is 1. The van der Waals surface area contributed by atoms with Gasteiger partial charge in [-0.25, -0.2) is 0 Å². The first-order valence-electron chi connectivity index (χ1n) is 8.91. The molecule has 0 saturated carbocycles. The van der Waals surface area contributed by atoms with Crippen molar-refractivity contribution < 1.29 is 4.74 Å². The van der Waals surface area contributed by atoms with E-state index in [9.17, 15) is 0 Å². The number of benzene rings is 1. The van der Waals surface area contributed by atoms with Crippen molar-refractivity contribution >= 4 is 23.1 Å². The maximum absolute atomic E-state index is 5.54. The zero-order chi connectivity index (χ0) is 18.5. The number of hydrogen-bond donors (Lipinski definition) is 1.